The Balaban J connectivity index is 1.63. The second-order valence-electron chi connectivity index (χ2n) is 10.5. The molecule has 41 heavy (non-hydrogen) atoms. The second kappa shape index (κ2) is 13.4. The van der Waals surface area contributed by atoms with Crippen molar-refractivity contribution in [2.45, 2.75) is 51.5 Å². The number of hydrogen-bond acceptors (Lipinski definition) is 9. The van der Waals surface area contributed by atoms with Crippen LogP contribution in [0.5, 0.6) is 17.2 Å². The van der Waals surface area contributed by atoms with Crippen LogP contribution in [0.1, 0.15) is 51.0 Å². The zero-order valence-corrected chi connectivity index (χ0v) is 24.2. The van der Waals surface area contributed by atoms with Crippen LogP contribution in [0.25, 0.3) is 0 Å². The zero-order chi connectivity index (χ0) is 29.7. The smallest absolute Gasteiger partial charge is 0.326 e. The lowest BCUT2D eigenvalue weighted by molar-refractivity contribution is -0.188. The third-order valence-electron chi connectivity index (χ3n) is 7.86. The Morgan fingerprint density at radius 1 is 1.17 bits per heavy atom. The van der Waals surface area contributed by atoms with Crippen molar-refractivity contribution in [2.24, 2.45) is 5.92 Å². The van der Waals surface area contributed by atoms with Gasteiger partial charge in [0.15, 0.2) is 11.5 Å². The number of methoxy groups -OCH3 is 1. The third kappa shape index (κ3) is 6.51. The van der Waals surface area contributed by atoms with E-state index in [4.69, 9.17) is 19.0 Å². The average Bonchev–Trinajstić information content (AvgIpc) is 3.57. The number of carbonyl (C=O) groups is 4. The van der Waals surface area contributed by atoms with E-state index in [0.717, 1.165) is 11.3 Å². The van der Waals surface area contributed by atoms with Crippen LogP contribution in [-0.4, -0.2) is 115 Å². The molecule has 2 saturated heterocycles. The minimum atomic E-state index is -1.00. The lowest BCUT2D eigenvalue weighted by Crippen LogP contribution is -2.52. The summed E-state index contributed by atoms with van der Waals surface area (Å²) < 4.78 is 16.6. The van der Waals surface area contributed by atoms with Gasteiger partial charge in [-0.05, 0) is 37.0 Å². The minimum Gasteiger partial charge on any atom is -0.493 e. The Hall–Kier alpha value is -3.58. The van der Waals surface area contributed by atoms with E-state index in [1.54, 1.807) is 17.0 Å². The van der Waals surface area contributed by atoms with Crippen LogP contribution >= 0.6 is 0 Å². The number of carboxylic acid groups (broad SMARTS) is 1. The summed E-state index contributed by atoms with van der Waals surface area (Å²) in [6.07, 6.45) is 1.97. The van der Waals surface area contributed by atoms with E-state index in [0.29, 0.717) is 48.8 Å². The van der Waals surface area contributed by atoms with Crippen molar-refractivity contribution in [1.29, 1.82) is 0 Å². The predicted octanol–water partition coefficient (Wildman–Crippen LogP) is 2.15. The Morgan fingerprint density at radius 3 is 2.63 bits per heavy atom. The summed E-state index contributed by atoms with van der Waals surface area (Å²) in [4.78, 5) is 61.1. The van der Waals surface area contributed by atoms with Gasteiger partial charge >= 0.3 is 12.0 Å². The molecule has 1 aromatic carbocycles. The molecule has 3 heterocycles. The van der Waals surface area contributed by atoms with Gasteiger partial charge in [0.1, 0.15) is 0 Å². The number of imide groups is 1. The number of hydrogen-bond donors (Lipinski definition) is 1. The molecule has 1 N–H and O–H groups in total. The van der Waals surface area contributed by atoms with E-state index in [1.807, 2.05) is 18.7 Å². The third-order valence-corrected chi connectivity index (χ3v) is 7.86. The van der Waals surface area contributed by atoms with Gasteiger partial charge < -0.3 is 24.2 Å². The number of aliphatic carboxylic acids is 1. The molecule has 13 nitrogen and oxygen atoms in total. The van der Waals surface area contributed by atoms with Gasteiger partial charge in [0.2, 0.25) is 18.4 Å². The Bertz CT molecular complexity index is 1150. The minimum absolute atomic E-state index is 0.0389. The normalized spacial score (nSPS) is 22.4. The van der Waals surface area contributed by atoms with Crippen LogP contribution in [0, 0.1) is 5.92 Å². The highest BCUT2D eigenvalue weighted by Gasteiger charge is 2.48. The Kier molecular flexibility index (Phi) is 9.92. The van der Waals surface area contributed by atoms with Crippen molar-refractivity contribution in [3.63, 3.8) is 0 Å². The molecule has 0 aromatic heterocycles. The van der Waals surface area contributed by atoms with Crippen LogP contribution in [0.4, 0.5) is 4.79 Å². The van der Waals surface area contributed by atoms with Crippen molar-refractivity contribution in [1.82, 2.24) is 19.8 Å². The van der Waals surface area contributed by atoms with Crippen LogP contribution in [-0.2, 0) is 19.2 Å². The number of amides is 4. The van der Waals surface area contributed by atoms with Crippen molar-refractivity contribution in [3.8, 4) is 17.2 Å². The molecule has 1 unspecified atom stereocenters. The van der Waals surface area contributed by atoms with Gasteiger partial charge in [-0.15, -0.1) is 0 Å². The van der Waals surface area contributed by atoms with E-state index < -0.39 is 29.9 Å². The lowest BCUT2D eigenvalue weighted by atomic mass is 9.84. The molecular formula is C28H40N4O9. The maximum atomic E-state index is 13.4. The molecule has 3 aliphatic heterocycles. The largest absolute Gasteiger partial charge is 0.493 e. The maximum Gasteiger partial charge on any atom is 0.326 e. The maximum absolute atomic E-state index is 13.4. The van der Waals surface area contributed by atoms with E-state index in [-0.39, 0.29) is 51.2 Å². The first-order valence-electron chi connectivity index (χ1n) is 14.1. The monoisotopic (exact) mass is 576 g/mol. The molecule has 3 aliphatic rings. The molecular weight excluding hydrogens is 536 g/mol. The van der Waals surface area contributed by atoms with Gasteiger partial charge in [-0.1, -0.05) is 13.8 Å². The van der Waals surface area contributed by atoms with E-state index >= 15 is 0 Å². The van der Waals surface area contributed by atoms with Crippen LogP contribution in [0.3, 0.4) is 0 Å². The number of likely N-dealkylation sites (tertiary alicyclic amines) is 1. The second-order valence-corrected chi connectivity index (χ2v) is 10.5. The summed E-state index contributed by atoms with van der Waals surface area (Å²) in [5, 5.41) is 11.9. The molecule has 3 atom stereocenters. The van der Waals surface area contributed by atoms with Gasteiger partial charge in [0.25, 0.3) is 5.91 Å². The lowest BCUT2D eigenvalue weighted by Gasteiger charge is -2.34. The van der Waals surface area contributed by atoms with E-state index in [1.165, 1.54) is 19.2 Å². The van der Waals surface area contributed by atoms with Crippen LogP contribution in [0.2, 0.25) is 0 Å². The Morgan fingerprint density at radius 2 is 1.95 bits per heavy atom. The number of carboxylic acids is 1. The predicted molar refractivity (Wildman–Crippen MR) is 146 cm³/mol. The molecule has 0 saturated carbocycles. The molecule has 13 heteroatoms. The summed E-state index contributed by atoms with van der Waals surface area (Å²) in [5.74, 6) is -1.50. The molecule has 0 spiro atoms. The summed E-state index contributed by atoms with van der Waals surface area (Å²) >= 11 is 0. The van der Waals surface area contributed by atoms with Crippen molar-refractivity contribution in [2.75, 3.05) is 60.3 Å². The van der Waals surface area contributed by atoms with Gasteiger partial charge in [0, 0.05) is 51.6 Å². The fourth-order valence-electron chi connectivity index (χ4n) is 5.78. The van der Waals surface area contributed by atoms with Gasteiger partial charge in [0.05, 0.1) is 26.2 Å². The fraction of sp³-hybridized carbons (Fsp3) is 0.643. The molecule has 1 aromatic rings. The summed E-state index contributed by atoms with van der Waals surface area (Å²) in [5.41, 5.74) is 0.700. The molecule has 0 radical (unpaired) electrons. The average molecular weight is 577 g/mol. The Labute approximate surface area is 239 Å². The van der Waals surface area contributed by atoms with Crippen LogP contribution < -0.4 is 14.2 Å². The first-order valence-corrected chi connectivity index (χ1v) is 14.1. The van der Waals surface area contributed by atoms with Crippen molar-refractivity contribution < 1.29 is 43.3 Å². The number of hydroxylamine groups is 2. The standard InChI is InChI=1S/C28H40N4O9/c1-5-9-32(41-12-6-2)24(34)16-31-15-19(18-13-21(38-4)26-22(14-18)39-17-40-26)25(27(35)36)20(31)7-10-30-11-8-23(33)29(3)28(30)37/h13-14,19-20,25H,5-12,15-17H2,1-4H3,(H,35,36)/t19-,20+,25?/m1/s1. The molecule has 4 rings (SSSR count). The number of urea groups is 1. The van der Waals surface area contributed by atoms with E-state index in [2.05, 4.69) is 0 Å². The number of ether oxygens (including phenoxy) is 3. The molecule has 0 aliphatic carbocycles. The topological polar surface area (TPSA) is 138 Å². The highest BCUT2D eigenvalue weighted by Crippen LogP contribution is 2.47. The fourth-order valence-corrected chi connectivity index (χ4v) is 5.78. The highest BCUT2D eigenvalue weighted by atomic mass is 16.7. The first-order chi connectivity index (χ1) is 19.7. The number of nitrogens with zero attached hydrogens (tertiary/aromatic N) is 4. The van der Waals surface area contributed by atoms with Gasteiger partial charge in [-0.3, -0.25) is 29.0 Å². The summed E-state index contributed by atoms with van der Waals surface area (Å²) in [6, 6.07) is 2.56. The summed E-state index contributed by atoms with van der Waals surface area (Å²) in [7, 11) is 2.95. The number of benzene rings is 1. The molecule has 4 amide bonds. The number of rotatable bonds is 13. The first kappa shape index (κ1) is 30.4. The highest BCUT2D eigenvalue weighted by molar-refractivity contribution is 5.96. The summed E-state index contributed by atoms with van der Waals surface area (Å²) in [6.45, 7) is 5.53. The molecule has 2 fully saturated rings. The SMILES string of the molecule is CCCON(CCC)C(=O)CN1C[C@H](c2cc(OC)c3c(c2)OCO3)C(C(=O)O)[C@@H]1CCN1CCC(=O)N(C)C1=O. The van der Waals surface area contributed by atoms with E-state index in [9.17, 15) is 24.3 Å². The molecule has 0 bridgehead atoms. The number of fused-ring (bicyclic) bond motifs is 1. The zero-order valence-electron chi connectivity index (χ0n) is 24.2. The van der Waals surface area contributed by atoms with Crippen molar-refractivity contribution in [3.05, 3.63) is 17.7 Å². The number of carbonyl (C=O) groups excluding carboxylic acids is 3. The van der Waals surface area contributed by atoms with Gasteiger partial charge in [-0.25, -0.2) is 9.86 Å². The molecule has 226 valence electrons. The van der Waals surface area contributed by atoms with Crippen molar-refractivity contribution >= 4 is 23.8 Å². The van der Waals surface area contributed by atoms with Gasteiger partial charge in [-0.2, -0.15) is 0 Å². The van der Waals surface area contributed by atoms with Crippen LogP contribution in [0.15, 0.2) is 12.1 Å². The quantitative estimate of drug-likeness (QED) is 0.348.